The fourth-order valence-electron chi connectivity index (χ4n) is 5.10. The summed E-state index contributed by atoms with van der Waals surface area (Å²) in [5.41, 5.74) is 2.40. The number of nitrogens with one attached hydrogen (secondary N) is 1. The predicted molar refractivity (Wildman–Crippen MR) is 142 cm³/mol. The Kier molecular flexibility index (Phi) is 8.04. The van der Waals surface area contributed by atoms with Crippen LogP contribution in [-0.4, -0.2) is 78.5 Å². The summed E-state index contributed by atoms with van der Waals surface area (Å²) in [5, 5.41) is 9.21. The van der Waals surface area contributed by atoms with E-state index in [1.165, 1.54) is 4.31 Å². The lowest BCUT2D eigenvalue weighted by Crippen LogP contribution is -2.40. The average molecular weight is 529 g/mol. The molecule has 200 valence electrons. The molecule has 0 unspecified atom stereocenters. The van der Waals surface area contributed by atoms with Crippen LogP contribution in [0.5, 0.6) is 0 Å². The minimum atomic E-state index is -3.56. The van der Waals surface area contributed by atoms with E-state index in [1.54, 1.807) is 19.2 Å². The fraction of sp³-hybridized carbons (Fsp3) is 0.577. The lowest BCUT2D eigenvalue weighted by Gasteiger charge is -2.27. The van der Waals surface area contributed by atoms with Gasteiger partial charge in [-0.05, 0) is 44.2 Å². The van der Waals surface area contributed by atoms with Gasteiger partial charge in [0.1, 0.15) is 5.69 Å². The number of unbranched alkanes of at least 4 members (excludes halogenated alkanes) is 1. The molecule has 1 aliphatic heterocycles. The van der Waals surface area contributed by atoms with Crippen LogP contribution in [0.3, 0.4) is 0 Å². The van der Waals surface area contributed by atoms with Crippen LogP contribution in [0.1, 0.15) is 51.5 Å². The van der Waals surface area contributed by atoms with Gasteiger partial charge in [0.15, 0.2) is 5.65 Å². The van der Waals surface area contributed by atoms with Crippen LogP contribution in [0.4, 0.5) is 5.95 Å². The van der Waals surface area contributed by atoms with Gasteiger partial charge in [-0.1, -0.05) is 25.5 Å². The number of morpholine rings is 1. The van der Waals surface area contributed by atoms with Crippen molar-refractivity contribution in [2.45, 2.75) is 62.5 Å². The van der Waals surface area contributed by atoms with Crippen molar-refractivity contribution in [3.63, 3.8) is 0 Å². The van der Waals surface area contributed by atoms with Gasteiger partial charge in [-0.2, -0.15) is 14.4 Å². The molecule has 0 amide bonds. The van der Waals surface area contributed by atoms with Crippen LogP contribution in [0.15, 0.2) is 35.4 Å². The van der Waals surface area contributed by atoms with Crippen LogP contribution in [0, 0.1) is 0 Å². The Morgan fingerprint density at radius 2 is 1.84 bits per heavy atom. The summed E-state index contributed by atoms with van der Waals surface area (Å²) in [4.78, 5) is 9.69. The molecule has 0 radical (unpaired) electrons. The summed E-state index contributed by atoms with van der Waals surface area (Å²) in [5.74, 6) is 0.603. The largest absolute Gasteiger partial charge is 0.381 e. The van der Waals surface area contributed by atoms with E-state index in [0.29, 0.717) is 38.4 Å². The predicted octanol–water partition coefficient (Wildman–Crippen LogP) is 3.86. The first-order valence-electron chi connectivity index (χ1n) is 13.2. The Hall–Kier alpha value is -2.60. The molecule has 11 heteroatoms. The van der Waals surface area contributed by atoms with Crippen molar-refractivity contribution in [3.05, 3.63) is 30.5 Å². The lowest BCUT2D eigenvalue weighted by molar-refractivity contribution is 0.0574. The summed E-state index contributed by atoms with van der Waals surface area (Å²) in [6.45, 7) is 4.55. The normalized spacial score (nSPS) is 21.4. The first-order valence-corrected chi connectivity index (χ1v) is 14.7. The second-order valence-electron chi connectivity index (χ2n) is 9.71. The zero-order chi connectivity index (χ0) is 25.8. The third-order valence-corrected chi connectivity index (χ3v) is 9.23. The van der Waals surface area contributed by atoms with Crippen molar-refractivity contribution in [2.24, 2.45) is 0 Å². The number of rotatable bonds is 9. The Balaban J connectivity index is 1.48. The molecule has 2 fully saturated rings. The quantitative estimate of drug-likeness (QED) is 0.417. The van der Waals surface area contributed by atoms with E-state index >= 15 is 0 Å². The van der Waals surface area contributed by atoms with Gasteiger partial charge in [0.25, 0.3) is 0 Å². The molecule has 1 aliphatic carbocycles. The van der Waals surface area contributed by atoms with E-state index in [2.05, 4.69) is 17.2 Å². The molecule has 3 aromatic rings. The van der Waals surface area contributed by atoms with Gasteiger partial charge < -0.3 is 14.8 Å². The molecule has 3 heterocycles. The number of nitrogens with zero attached hydrogens (tertiary/aromatic N) is 5. The second-order valence-corrected chi connectivity index (χ2v) is 11.6. The van der Waals surface area contributed by atoms with E-state index in [4.69, 9.17) is 19.6 Å². The van der Waals surface area contributed by atoms with Crippen LogP contribution < -0.4 is 5.32 Å². The van der Waals surface area contributed by atoms with Gasteiger partial charge in [-0.15, -0.1) is 0 Å². The molecule has 1 aromatic carbocycles. The second kappa shape index (κ2) is 11.4. The molecule has 1 N–H and O–H groups in total. The Labute approximate surface area is 218 Å². The zero-order valence-electron chi connectivity index (χ0n) is 21.6. The van der Waals surface area contributed by atoms with E-state index in [9.17, 15) is 8.42 Å². The first-order chi connectivity index (χ1) is 18.0. The number of hydrogen-bond donors (Lipinski definition) is 1. The van der Waals surface area contributed by atoms with Crippen molar-refractivity contribution in [2.75, 3.05) is 45.3 Å². The summed E-state index contributed by atoms with van der Waals surface area (Å²) in [7, 11) is -1.78. The number of anilines is 1. The molecule has 0 atom stereocenters. The molecular weight excluding hydrogens is 492 g/mol. The van der Waals surface area contributed by atoms with Crippen LogP contribution >= 0.6 is 0 Å². The topological polar surface area (TPSA) is 111 Å². The number of benzene rings is 1. The zero-order valence-corrected chi connectivity index (χ0v) is 22.4. The highest BCUT2D eigenvalue weighted by Gasteiger charge is 2.28. The standard InChI is InChI=1S/C26H36N6O4S/c1-3-4-13-27-26-28-18-23-24(30-32(25(23)29-26)20-7-9-21(35-2)10-8-20)19-5-11-22(12-6-19)37(33,34)31-14-16-36-17-15-31/h5-6,11-12,18,20-21H,3-4,7-10,13-17H2,1-2H3,(H,27,28,29). The smallest absolute Gasteiger partial charge is 0.243 e. The molecule has 2 aliphatic rings. The van der Waals surface area contributed by atoms with Gasteiger partial charge in [0.05, 0.1) is 35.6 Å². The van der Waals surface area contributed by atoms with Crippen LogP contribution in [-0.2, 0) is 19.5 Å². The van der Waals surface area contributed by atoms with Gasteiger partial charge in [0.2, 0.25) is 16.0 Å². The molecular formula is C26H36N6O4S. The van der Waals surface area contributed by atoms with Crippen molar-refractivity contribution >= 4 is 27.0 Å². The molecule has 10 nitrogen and oxygen atoms in total. The molecule has 1 saturated carbocycles. The van der Waals surface area contributed by atoms with Crippen LogP contribution in [0.25, 0.3) is 22.3 Å². The SMILES string of the molecule is CCCCNc1ncc2c(-c3ccc(S(=O)(=O)N4CCOCC4)cc3)nn(C3CCC(OC)CC3)c2n1. The molecule has 0 spiro atoms. The van der Waals surface area contributed by atoms with E-state index < -0.39 is 10.0 Å². The van der Waals surface area contributed by atoms with Crippen molar-refractivity contribution < 1.29 is 17.9 Å². The number of methoxy groups -OCH3 is 1. The maximum atomic E-state index is 13.1. The Morgan fingerprint density at radius 3 is 2.51 bits per heavy atom. The summed E-state index contributed by atoms with van der Waals surface area (Å²) >= 11 is 0. The molecule has 37 heavy (non-hydrogen) atoms. The minimum Gasteiger partial charge on any atom is -0.381 e. The van der Waals surface area contributed by atoms with Gasteiger partial charge in [-0.25, -0.2) is 18.1 Å². The van der Waals surface area contributed by atoms with Crippen molar-refractivity contribution in [1.82, 2.24) is 24.1 Å². The van der Waals surface area contributed by atoms with Gasteiger partial charge in [-0.3, -0.25) is 0 Å². The molecule has 0 bridgehead atoms. The first kappa shape index (κ1) is 26.0. The number of hydrogen-bond acceptors (Lipinski definition) is 8. The summed E-state index contributed by atoms with van der Waals surface area (Å²) < 4.78 is 40.5. The molecule has 2 aromatic heterocycles. The maximum Gasteiger partial charge on any atom is 0.243 e. The highest BCUT2D eigenvalue weighted by Crippen LogP contribution is 2.35. The third-order valence-electron chi connectivity index (χ3n) is 7.32. The van der Waals surface area contributed by atoms with E-state index in [1.807, 2.05) is 23.0 Å². The summed E-state index contributed by atoms with van der Waals surface area (Å²) in [6.07, 6.45) is 8.16. The lowest BCUT2D eigenvalue weighted by atomic mass is 9.93. The van der Waals surface area contributed by atoms with Gasteiger partial charge >= 0.3 is 0 Å². The fourth-order valence-corrected chi connectivity index (χ4v) is 6.51. The monoisotopic (exact) mass is 528 g/mol. The van der Waals surface area contributed by atoms with Crippen molar-refractivity contribution in [3.8, 4) is 11.3 Å². The number of sulfonamides is 1. The third kappa shape index (κ3) is 5.50. The number of fused-ring (bicyclic) bond motifs is 1. The molecule has 5 rings (SSSR count). The highest BCUT2D eigenvalue weighted by atomic mass is 32.2. The number of ether oxygens (including phenoxy) is 2. The summed E-state index contributed by atoms with van der Waals surface area (Å²) in [6, 6.07) is 7.21. The van der Waals surface area contributed by atoms with Crippen molar-refractivity contribution in [1.29, 1.82) is 0 Å². The van der Waals surface area contributed by atoms with E-state index in [-0.39, 0.29) is 10.9 Å². The molecule has 1 saturated heterocycles. The van der Waals surface area contributed by atoms with Gasteiger partial charge in [0, 0.05) is 38.5 Å². The minimum absolute atomic E-state index is 0.224. The highest BCUT2D eigenvalue weighted by molar-refractivity contribution is 7.89. The number of aromatic nitrogens is 4. The Bertz CT molecular complexity index is 1300. The average Bonchev–Trinajstić information content (AvgIpc) is 3.33. The van der Waals surface area contributed by atoms with Crippen LogP contribution in [0.2, 0.25) is 0 Å². The van der Waals surface area contributed by atoms with E-state index in [0.717, 1.165) is 67.4 Å². The maximum absolute atomic E-state index is 13.1. The Morgan fingerprint density at radius 1 is 1.11 bits per heavy atom.